The number of aromatic nitrogens is 2. The van der Waals surface area contributed by atoms with Crippen LogP contribution in [0.25, 0.3) is 11.4 Å². The summed E-state index contributed by atoms with van der Waals surface area (Å²) in [5, 5.41) is 13.1. The summed E-state index contributed by atoms with van der Waals surface area (Å²) in [5.41, 5.74) is 0.736. The van der Waals surface area contributed by atoms with Crippen LogP contribution in [0.15, 0.2) is 28.8 Å². The van der Waals surface area contributed by atoms with Gasteiger partial charge in [-0.15, -0.1) is 0 Å². The second-order valence-electron chi connectivity index (χ2n) is 3.97. The molecule has 1 heterocycles. The molecule has 0 radical (unpaired) electrons. The van der Waals surface area contributed by atoms with Crippen molar-refractivity contribution in [3.05, 3.63) is 35.2 Å². The van der Waals surface area contributed by atoms with Crippen molar-refractivity contribution < 1.29 is 14.4 Å². The van der Waals surface area contributed by atoms with Gasteiger partial charge in [0, 0.05) is 16.5 Å². The smallest absolute Gasteiger partial charge is 0.304 e. The molecule has 2 aromatic rings. The lowest BCUT2D eigenvalue weighted by Gasteiger charge is -2.00. The molecular formula is C12H11ClN2O3. The Morgan fingerprint density at radius 3 is 3.00 bits per heavy atom. The van der Waals surface area contributed by atoms with Crippen molar-refractivity contribution in [2.75, 3.05) is 0 Å². The van der Waals surface area contributed by atoms with E-state index in [1.807, 2.05) is 6.07 Å². The SMILES string of the molecule is CC(CC(=O)O)c1nc(-c2cccc(Cl)c2)no1. The van der Waals surface area contributed by atoms with Crippen LogP contribution in [0.5, 0.6) is 0 Å². The Morgan fingerprint density at radius 2 is 2.33 bits per heavy atom. The summed E-state index contributed by atoms with van der Waals surface area (Å²) in [6, 6.07) is 7.06. The molecule has 0 saturated carbocycles. The summed E-state index contributed by atoms with van der Waals surface area (Å²) in [4.78, 5) is 14.8. The number of nitrogens with zero attached hydrogens (tertiary/aromatic N) is 2. The van der Waals surface area contributed by atoms with Crippen molar-refractivity contribution in [3.8, 4) is 11.4 Å². The first-order valence-corrected chi connectivity index (χ1v) is 5.75. The molecule has 0 fully saturated rings. The minimum atomic E-state index is -0.898. The highest BCUT2D eigenvalue weighted by Crippen LogP contribution is 2.23. The molecule has 0 saturated heterocycles. The zero-order valence-corrected chi connectivity index (χ0v) is 10.4. The molecule has 0 aliphatic rings. The fraction of sp³-hybridized carbons (Fsp3) is 0.250. The van der Waals surface area contributed by atoms with Crippen molar-refractivity contribution in [3.63, 3.8) is 0 Å². The molecule has 6 heteroatoms. The summed E-state index contributed by atoms with van der Waals surface area (Å²) in [6.45, 7) is 1.73. The number of hydrogen-bond donors (Lipinski definition) is 1. The van der Waals surface area contributed by atoms with E-state index in [0.717, 1.165) is 5.56 Å². The molecular weight excluding hydrogens is 256 g/mol. The normalized spacial score (nSPS) is 12.3. The van der Waals surface area contributed by atoms with Crippen LogP contribution in [-0.4, -0.2) is 21.2 Å². The number of carboxylic acid groups (broad SMARTS) is 1. The highest BCUT2D eigenvalue weighted by Gasteiger charge is 2.18. The molecule has 0 aliphatic heterocycles. The second kappa shape index (κ2) is 5.18. The lowest BCUT2D eigenvalue weighted by molar-refractivity contribution is -0.137. The summed E-state index contributed by atoms with van der Waals surface area (Å²) in [5.74, 6) is -0.495. The van der Waals surface area contributed by atoms with E-state index < -0.39 is 5.97 Å². The molecule has 1 unspecified atom stereocenters. The molecule has 0 spiro atoms. The monoisotopic (exact) mass is 266 g/mol. The fourth-order valence-corrected chi connectivity index (χ4v) is 1.72. The molecule has 5 nitrogen and oxygen atoms in total. The molecule has 1 aromatic carbocycles. The summed E-state index contributed by atoms with van der Waals surface area (Å²) in [6.07, 6.45) is -0.0445. The standard InChI is InChI=1S/C12H11ClN2O3/c1-7(5-10(16)17)12-14-11(15-18-12)8-3-2-4-9(13)6-8/h2-4,6-7H,5H2,1H3,(H,16,17). The Kier molecular flexibility index (Phi) is 3.62. The zero-order valence-electron chi connectivity index (χ0n) is 9.63. The van der Waals surface area contributed by atoms with Crippen molar-refractivity contribution in [2.45, 2.75) is 19.3 Å². The van der Waals surface area contributed by atoms with Gasteiger partial charge in [-0.1, -0.05) is 35.8 Å². The minimum Gasteiger partial charge on any atom is -0.481 e. The molecule has 0 bridgehead atoms. The number of carboxylic acids is 1. The van der Waals surface area contributed by atoms with Gasteiger partial charge in [-0.3, -0.25) is 4.79 Å². The zero-order chi connectivity index (χ0) is 13.1. The Hall–Kier alpha value is -1.88. The van der Waals surface area contributed by atoms with Crippen LogP contribution in [-0.2, 0) is 4.79 Å². The predicted octanol–water partition coefficient (Wildman–Crippen LogP) is 2.97. The van der Waals surface area contributed by atoms with Crippen molar-refractivity contribution >= 4 is 17.6 Å². The Labute approximate surface area is 108 Å². The van der Waals surface area contributed by atoms with E-state index in [2.05, 4.69) is 10.1 Å². The van der Waals surface area contributed by atoms with Gasteiger partial charge in [0.25, 0.3) is 0 Å². The number of benzene rings is 1. The van der Waals surface area contributed by atoms with Gasteiger partial charge < -0.3 is 9.63 Å². The second-order valence-corrected chi connectivity index (χ2v) is 4.40. The van der Waals surface area contributed by atoms with Crippen LogP contribution in [0, 0.1) is 0 Å². The average molecular weight is 267 g/mol. The van der Waals surface area contributed by atoms with Crippen LogP contribution in [0.4, 0.5) is 0 Å². The molecule has 0 aliphatic carbocycles. The molecule has 1 aromatic heterocycles. The first kappa shape index (κ1) is 12.6. The lowest BCUT2D eigenvalue weighted by Crippen LogP contribution is -2.03. The van der Waals surface area contributed by atoms with Crippen molar-refractivity contribution in [1.82, 2.24) is 10.1 Å². The highest BCUT2D eigenvalue weighted by atomic mass is 35.5. The average Bonchev–Trinajstić information content (AvgIpc) is 2.77. The largest absolute Gasteiger partial charge is 0.481 e. The number of aliphatic carboxylic acids is 1. The van der Waals surface area contributed by atoms with Gasteiger partial charge in [-0.05, 0) is 12.1 Å². The third-order valence-electron chi connectivity index (χ3n) is 2.43. The van der Waals surface area contributed by atoms with Crippen molar-refractivity contribution in [2.24, 2.45) is 0 Å². The van der Waals surface area contributed by atoms with Gasteiger partial charge in [0.1, 0.15) is 0 Å². The van der Waals surface area contributed by atoms with E-state index in [1.54, 1.807) is 25.1 Å². The van der Waals surface area contributed by atoms with Crippen LogP contribution >= 0.6 is 11.6 Å². The third-order valence-corrected chi connectivity index (χ3v) is 2.66. The number of rotatable bonds is 4. The predicted molar refractivity (Wildman–Crippen MR) is 65.4 cm³/mol. The van der Waals surface area contributed by atoms with Crippen LogP contribution in [0.3, 0.4) is 0 Å². The summed E-state index contributed by atoms with van der Waals surface area (Å²) < 4.78 is 5.05. The first-order chi connectivity index (χ1) is 8.56. The maximum atomic E-state index is 10.6. The van der Waals surface area contributed by atoms with Gasteiger partial charge >= 0.3 is 5.97 Å². The topological polar surface area (TPSA) is 76.2 Å². The molecule has 94 valence electrons. The van der Waals surface area contributed by atoms with Gasteiger partial charge in [0.2, 0.25) is 11.7 Å². The van der Waals surface area contributed by atoms with E-state index in [0.29, 0.717) is 16.7 Å². The van der Waals surface area contributed by atoms with E-state index in [-0.39, 0.29) is 12.3 Å². The number of hydrogen-bond acceptors (Lipinski definition) is 4. The molecule has 0 amide bonds. The Bertz CT molecular complexity index is 568. The van der Waals surface area contributed by atoms with Crippen LogP contribution in [0.1, 0.15) is 25.2 Å². The van der Waals surface area contributed by atoms with E-state index >= 15 is 0 Å². The lowest BCUT2D eigenvalue weighted by atomic mass is 10.1. The fourth-order valence-electron chi connectivity index (χ4n) is 1.53. The minimum absolute atomic E-state index is 0.0445. The molecule has 2 rings (SSSR count). The first-order valence-electron chi connectivity index (χ1n) is 5.37. The maximum absolute atomic E-state index is 10.6. The van der Waals surface area contributed by atoms with Crippen LogP contribution < -0.4 is 0 Å². The van der Waals surface area contributed by atoms with Crippen molar-refractivity contribution in [1.29, 1.82) is 0 Å². The number of halogens is 1. The summed E-state index contributed by atoms with van der Waals surface area (Å²) >= 11 is 5.87. The van der Waals surface area contributed by atoms with Gasteiger partial charge in [-0.25, -0.2) is 0 Å². The van der Waals surface area contributed by atoms with E-state index in [4.69, 9.17) is 21.2 Å². The Morgan fingerprint density at radius 1 is 1.56 bits per heavy atom. The van der Waals surface area contributed by atoms with Gasteiger partial charge in [-0.2, -0.15) is 4.98 Å². The molecule has 1 N–H and O–H groups in total. The highest BCUT2D eigenvalue weighted by molar-refractivity contribution is 6.30. The summed E-state index contributed by atoms with van der Waals surface area (Å²) in [7, 11) is 0. The van der Waals surface area contributed by atoms with Crippen LogP contribution in [0.2, 0.25) is 5.02 Å². The Balaban J connectivity index is 2.22. The van der Waals surface area contributed by atoms with E-state index in [1.165, 1.54) is 0 Å². The quantitative estimate of drug-likeness (QED) is 0.921. The number of carbonyl (C=O) groups is 1. The maximum Gasteiger partial charge on any atom is 0.304 e. The van der Waals surface area contributed by atoms with Gasteiger partial charge in [0.15, 0.2) is 0 Å². The third kappa shape index (κ3) is 2.87. The molecule has 18 heavy (non-hydrogen) atoms. The van der Waals surface area contributed by atoms with E-state index in [9.17, 15) is 4.79 Å². The molecule has 1 atom stereocenters. The van der Waals surface area contributed by atoms with Gasteiger partial charge in [0.05, 0.1) is 6.42 Å².